The number of aryl methyl sites for hydroxylation is 1. The Labute approximate surface area is 108 Å². The molecule has 0 unspecified atom stereocenters. The number of anilines is 2. The van der Waals surface area contributed by atoms with Crippen LogP contribution < -0.4 is 11.5 Å². The van der Waals surface area contributed by atoms with E-state index >= 15 is 0 Å². The second-order valence-corrected chi connectivity index (χ2v) is 4.30. The molecular weight excluding hydrogens is 245 g/mol. The molecule has 0 spiro atoms. The molecule has 3 aromatic rings. The lowest BCUT2D eigenvalue weighted by molar-refractivity contribution is 0.633. The molecule has 19 heavy (non-hydrogen) atoms. The smallest absolute Gasteiger partial charge is 0.146 e. The normalized spacial score (nSPS) is 11.1. The van der Waals surface area contributed by atoms with Crippen molar-refractivity contribution in [3.05, 3.63) is 36.3 Å². The van der Waals surface area contributed by atoms with Crippen molar-refractivity contribution in [3.8, 4) is 11.3 Å². The number of hydrogen-bond donors (Lipinski definition) is 2. The molecular formula is C13H12FN5. The first-order chi connectivity index (χ1) is 9.08. The predicted molar refractivity (Wildman–Crippen MR) is 72.7 cm³/mol. The third-order valence-electron chi connectivity index (χ3n) is 3.07. The van der Waals surface area contributed by atoms with Crippen molar-refractivity contribution < 1.29 is 4.39 Å². The second kappa shape index (κ2) is 3.94. The van der Waals surface area contributed by atoms with E-state index in [9.17, 15) is 4.39 Å². The van der Waals surface area contributed by atoms with Crippen LogP contribution >= 0.6 is 0 Å². The molecule has 0 saturated heterocycles. The molecule has 0 radical (unpaired) electrons. The van der Waals surface area contributed by atoms with Crippen LogP contribution in [0.5, 0.6) is 0 Å². The number of nitrogen functional groups attached to an aromatic ring is 2. The fourth-order valence-electron chi connectivity index (χ4n) is 2.11. The highest BCUT2D eigenvalue weighted by Crippen LogP contribution is 2.31. The summed E-state index contributed by atoms with van der Waals surface area (Å²) < 4.78 is 15.3. The van der Waals surface area contributed by atoms with Crippen LogP contribution in [0.1, 0.15) is 0 Å². The quantitative estimate of drug-likeness (QED) is 0.652. The molecule has 5 nitrogen and oxygen atoms in total. The summed E-state index contributed by atoms with van der Waals surface area (Å²) in [5, 5.41) is 5.10. The summed E-state index contributed by atoms with van der Waals surface area (Å²) in [5.41, 5.74) is 13.5. The molecule has 96 valence electrons. The van der Waals surface area contributed by atoms with Crippen molar-refractivity contribution in [1.82, 2.24) is 14.8 Å². The molecule has 0 saturated carbocycles. The van der Waals surface area contributed by atoms with E-state index in [0.29, 0.717) is 22.5 Å². The maximum absolute atomic E-state index is 13.6. The van der Waals surface area contributed by atoms with Crippen LogP contribution in [0.15, 0.2) is 30.5 Å². The van der Waals surface area contributed by atoms with Gasteiger partial charge in [-0.2, -0.15) is 5.10 Å². The number of nitrogens with zero attached hydrogens (tertiary/aromatic N) is 3. The van der Waals surface area contributed by atoms with E-state index in [1.165, 1.54) is 12.1 Å². The van der Waals surface area contributed by atoms with Crippen LogP contribution in [0.2, 0.25) is 0 Å². The van der Waals surface area contributed by atoms with Crippen LogP contribution in [0.25, 0.3) is 22.2 Å². The Kier molecular flexibility index (Phi) is 2.38. The average Bonchev–Trinajstić information content (AvgIpc) is 2.72. The second-order valence-electron chi connectivity index (χ2n) is 4.30. The third-order valence-corrected chi connectivity index (χ3v) is 3.07. The Hall–Kier alpha value is -2.63. The summed E-state index contributed by atoms with van der Waals surface area (Å²) in [4.78, 5) is 4.05. The Balaban J connectivity index is 2.33. The highest BCUT2D eigenvalue weighted by molar-refractivity contribution is 6.00. The first-order valence-electron chi connectivity index (χ1n) is 5.70. The minimum atomic E-state index is -0.473. The number of benzene rings is 1. The number of hydrogen-bond acceptors (Lipinski definition) is 4. The van der Waals surface area contributed by atoms with Gasteiger partial charge in [-0.1, -0.05) is 6.07 Å². The highest BCUT2D eigenvalue weighted by atomic mass is 19.1. The average molecular weight is 257 g/mol. The number of aromatic nitrogens is 3. The zero-order chi connectivity index (χ0) is 13.6. The van der Waals surface area contributed by atoms with E-state index in [4.69, 9.17) is 11.5 Å². The lowest BCUT2D eigenvalue weighted by Crippen LogP contribution is -1.93. The molecule has 3 rings (SSSR count). The van der Waals surface area contributed by atoms with Gasteiger partial charge in [0.1, 0.15) is 17.3 Å². The molecule has 2 heterocycles. The van der Waals surface area contributed by atoms with E-state index in [1.54, 1.807) is 24.0 Å². The molecule has 0 aliphatic heterocycles. The fraction of sp³-hybridized carbons (Fsp3) is 0.0769. The van der Waals surface area contributed by atoms with Gasteiger partial charge >= 0.3 is 0 Å². The molecule has 0 bridgehead atoms. The molecule has 6 heteroatoms. The van der Waals surface area contributed by atoms with Gasteiger partial charge in [0, 0.05) is 18.8 Å². The van der Waals surface area contributed by atoms with Crippen LogP contribution in [0, 0.1) is 5.82 Å². The van der Waals surface area contributed by atoms with Gasteiger partial charge in [-0.25, -0.2) is 9.37 Å². The van der Waals surface area contributed by atoms with E-state index in [2.05, 4.69) is 10.1 Å². The Morgan fingerprint density at radius 3 is 2.74 bits per heavy atom. The summed E-state index contributed by atoms with van der Waals surface area (Å²) in [6.07, 6.45) is 1.62. The lowest BCUT2D eigenvalue weighted by atomic mass is 10.1. The first kappa shape index (κ1) is 11.5. The van der Waals surface area contributed by atoms with Crippen molar-refractivity contribution in [3.63, 3.8) is 0 Å². The summed E-state index contributed by atoms with van der Waals surface area (Å²) in [5.74, 6) is -0.100. The van der Waals surface area contributed by atoms with Crippen LogP contribution in [0.4, 0.5) is 15.9 Å². The van der Waals surface area contributed by atoms with Crippen molar-refractivity contribution in [2.45, 2.75) is 0 Å². The maximum atomic E-state index is 13.6. The number of halogens is 1. The van der Waals surface area contributed by atoms with Gasteiger partial charge < -0.3 is 11.5 Å². The van der Waals surface area contributed by atoms with Crippen molar-refractivity contribution in [2.24, 2.45) is 7.05 Å². The zero-order valence-electron chi connectivity index (χ0n) is 10.3. The van der Waals surface area contributed by atoms with E-state index < -0.39 is 5.82 Å². The first-order valence-corrected chi connectivity index (χ1v) is 5.70. The fourth-order valence-corrected chi connectivity index (χ4v) is 2.11. The summed E-state index contributed by atoms with van der Waals surface area (Å²) in [6, 6.07) is 6.39. The van der Waals surface area contributed by atoms with E-state index in [1.807, 2.05) is 6.07 Å². The van der Waals surface area contributed by atoms with E-state index in [0.717, 1.165) is 5.52 Å². The third kappa shape index (κ3) is 1.69. The molecule has 0 atom stereocenters. The van der Waals surface area contributed by atoms with Crippen molar-refractivity contribution in [1.29, 1.82) is 0 Å². The monoisotopic (exact) mass is 257 g/mol. The van der Waals surface area contributed by atoms with Crippen LogP contribution in [0.3, 0.4) is 0 Å². The maximum Gasteiger partial charge on any atom is 0.146 e. The number of nitrogens with two attached hydrogens (primary N) is 2. The van der Waals surface area contributed by atoms with Gasteiger partial charge in [0.05, 0.1) is 16.6 Å². The molecule has 0 aliphatic rings. The highest BCUT2D eigenvalue weighted by Gasteiger charge is 2.14. The van der Waals surface area contributed by atoms with Gasteiger partial charge in [0.15, 0.2) is 0 Å². The number of fused-ring (bicyclic) bond motifs is 1. The molecule has 4 N–H and O–H groups in total. The number of pyridine rings is 1. The van der Waals surface area contributed by atoms with Crippen LogP contribution in [-0.4, -0.2) is 14.8 Å². The SMILES string of the molecule is Cn1nc(-c2ccc(N)c(F)c2)c2c(N)nccc21. The molecule has 0 aliphatic carbocycles. The Bertz CT molecular complexity index is 778. The van der Waals surface area contributed by atoms with Crippen molar-refractivity contribution in [2.75, 3.05) is 11.5 Å². The topological polar surface area (TPSA) is 82.8 Å². The van der Waals surface area contributed by atoms with Gasteiger partial charge in [-0.3, -0.25) is 4.68 Å². The largest absolute Gasteiger partial charge is 0.396 e. The number of rotatable bonds is 1. The molecule has 0 amide bonds. The minimum absolute atomic E-state index is 0.107. The van der Waals surface area contributed by atoms with Crippen molar-refractivity contribution >= 4 is 22.4 Å². The summed E-state index contributed by atoms with van der Waals surface area (Å²) in [7, 11) is 1.80. The van der Waals surface area contributed by atoms with E-state index in [-0.39, 0.29) is 5.69 Å². The lowest BCUT2D eigenvalue weighted by Gasteiger charge is -2.02. The molecule has 2 aromatic heterocycles. The molecule has 0 fully saturated rings. The minimum Gasteiger partial charge on any atom is -0.396 e. The Morgan fingerprint density at radius 2 is 2.00 bits per heavy atom. The Morgan fingerprint density at radius 1 is 1.21 bits per heavy atom. The predicted octanol–water partition coefficient (Wildman–Crippen LogP) is 1.94. The summed E-state index contributed by atoms with van der Waals surface area (Å²) >= 11 is 0. The van der Waals surface area contributed by atoms with Gasteiger partial charge in [-0.15, -0.1) is 0 Å². The standard InChI is InChI=1S/C13H12FN5/c1-19-10-4-5-17-13(16)11(10)12(18-19)7-2-3-9(15)8(14)6-7/h2-6H,15H2,1H3,(H2,16,17). The summed E-state index contributed by atoms with van der Waals surface area (Å²) in [6.45, 7) is 0. The molecule has 1 aromatic carbocycles. The van der Waals surface area contributed by atoms with Gasteiger partial charge in [0.2, 0.25) is 0 Å². The zero-order valence-corrected chi connectivity index (χ0v) is 10.3. The van der Waals surface area contributed by atoms with Gasteiger partial charge in [0.25, 0.3) is 0 Å². The van der Waals surface area contributed by atoms with Crippen LogP contribution in [-0.2, 0) is 7.05 Å². The van der Waals surface area contributed by atoms with Gasteiger partial charge in [-0.05, 0) is 18.2 Å².